The van der Waals surface area contributed by atoms with Gasteiger partial charge in [-0.3, -0.25) is 0 Å². The van der Waals surface area contributed by atoms with E-state index in [0.29, 0.717) is 12.5 Å². The Morgan fingerprint density at radius 1 is 0.585 bits per heavy atom. The minimum absolute atomic E-state index is 0.491. The Labute approximate surface area is 306 Å². The molecular weight excluding hydrogens is 649 g/mol. The van der Waals surface area contributed by atoms with Gasteiger partial charge in [0.25, 0.3) is 0 Å². The number of ether oxygens (including phenoxy) is 1. The fraction of sp³-hybridized carbons (Fsp3) is 0.0417. The fourth-order valence-electron chi connectivity index (χ4n) is 7.98. The highest BCUT2D eigenvalue weighted by Crippen LogP contribution is 2.35. The molecule has 0 fully saturated rings. The quantitative estimate of drug-likeness (QED) is 0.173. The summed E-state index contributed by atoms with van der Waals surface area (Å²) >= 11 is 0. The summed E-state index contributed by atoms with van der Waals surface area (Å²) in [5.74, 6) is 1.71. The third-order valence-corrected chi connectivity index (χ3v) is 10.2. The van der Waals surface area contributed by atoms with E-state index in [2.05, 4.69) is 184 Å². The van der Waals surface area contributed by atoms with E-state index in [9.17, 15) is 0 Å². The van der Waals surface area contributed by atoms with E-state index in [-0.39, 0.29) is 0 Å². The Kier molecular flexibility index (Phi) is 7.36. The standard InChI is InChI=1S/C48H35N4O/c1-2-53-48-46-35-29-30-52-40(27-28-41(52)45(46)34-21-13-6-14-22-34)43(32-17-9-4-10-18-32)38-25-23-36(49-38)42(31-15-7-3-8-16-31)37-24-26-39(50-37)44(47(35)51-48)33-19-11-5-12-20-33/h3-30,49-50H,2H2,1H3/q+1. The molecule has 2 N–H and O–H groups in total. The molecule has 53 heavy (non-hydrogen) atoms. The first-order chi connectivity index (χ1) is 26.3. The van der Waals surface area contributed by atoms with E-state index in [1.165, 1.54) is 0 Å². The van der Waals surface area contributed by atoms with Crippen LogP contribution >= 0.6 is 0 Å². The van der Waals surface area contributed by atoms with Gasteiger partial charge in [-0.15, -0.1) is 0 Å². The minimum atomic E-state index is 0.491. The lowest BCUT2D eigenvalue weighted by molar-refractivity contribution is 0.326. The Morgan fingerprint density at radius 3 is 1.77 bits per heavy atom. The molecule has 0 unspecified atom stereocenters. The van der Waals surface area contributed by atoms with E-state index < -0.39 is 0 Å². The number of H-pyrrole nitrogens is 2. The summed E-state index contributed by atoms with van der Waals surface area (Å²) in [7, 11) is 0. The summed E-state index contributed by atoms with van der Waals surface area (Å²) in [4.78, 5) is 13.2. The Bertz CT molecular complexity index is 2940. The second-order valence-electron chi connectivity index (χ2n) is 13.3. The number of nitrogens with one attached hydrogen (secondary N) is 2. The summed E-state index contributed by atoms with van der Waals surface area (Å²) in [6, 6.07) is 58.0. The largest absolute Gasteiger partial charge is 0.477 e. The van der Waals surface area contributed by atoms with Crippen molar-refractivity contribution in [3.05, 3.63) is 237 Å². The van der Waals surface area contributed by atoms with Crippen molar-refractivity contribution >= 4 is 16.7 Å². The van der Waals surface area contributed by atoms with Crippen molar-refractivity contribution in [2.75, 3.05) is 6.61 Å². The van der Waals surface area contributed by atoms with Crippen LogP contribution in [0.2, 0.25) is 0 Å². The number of aromatic nitrogens is 4. The maximum atomic E-state index is 6.49. The van der Waals surface area contributed by atoms with Crippen molar-refractivity contribution in [1.29, 1.82) is 0 Å². The normalized spacial score (nSPS) is 12.6. The molecule has 6 heterocycles. The first-order valence-corrected chi connectivity index (χ1v) is 18.1. The highest BCUT2D eigenvalue weighted by atomic mass is 16.5. The van der Waals surface area contributed by atoms with Crippen molar-refractivity contribution in [3.8, 4) is 17.0 Å². The van der Waals surface area contributed by atoms with Gasteiger partial charge in [0.15, 0.2) is 0 Å². The van der Waals surface area contributed by atoms with E-state index in [1.807, 2.05) is 6.92 Å². The highest BCUT2D eigenvalue weighted by molar-refractivity contribution is 5.85. The van der Waals surface area contributed by atoms with Crippen molar-refractivity contribution in [3.63, 3.8) is 0 Å². The lowest BCUT2D eigenvalue weighted by atomic mass is 9.93. The second-order valence-corrected chi connectivity index (χ2v) is 13.3. The predicted octanol–water partition coefficient (Wildman–Crippen LogP) is 8.61. The van der Waals surface area contributed by atoms with E-state index >= 15 is 0 Å². The first kappa shape index (κ1) is 30.8. The van der Waals surface area contributed by atoms with Crippen LogP contribution in [0.3, 0.4) is 0 Å². The zero-order valence-corrected chi connectivity index (χ0v) is 29.2. The Hall–Kier alpha value is -6.98. The number of hydrogen-bond donors (Lipinski definition) is 2. The minimum Gasteiger partial charge on any atom is -0.477 e. The molecule has 7 aromatic rings. The molecule has 5 heteroatoms. The highest BCUT2D eigenvalue weighted by Gasteiger charge is 2.29. The summed E-state index contributed by atoms with van der Waals surface area (Å²) in [5, 5.41) is 3.94. The summed E-state index contributed by atoms with van der Waals surface area (Å²) < 4.78 is 8.82. The van der Waals surface area contributed by atoms with Crippen molar-refractivity contribution in [2.24, 2.45) is 0 Å². The SMILES string of the molecule is CCOc1nc2c3ccn4c(ccc4c(-c4ccccc4)c1=3)=C(c1ccccc1)c1ccc([nH]1)[C+](c1ccccc1)c1ccc([nH]1)C=2c1ccccc1. The number of fused-ring (bicyclic) bond motifs is 5. The second kappa shape index (κ2) is 12.7. The van der Waals surface area contributed by atoms with Gasteiger partial charge < -0.3 is 19.1 Å². The average Bonchev–Trinajstić information content (AvgIpc) is 4.01. The summed E-state index contributed by atoms with van der Waals surface area (Å²) in [6.45, 7) is 2.52. The maximum Gasteiger partial charge on any atom is 0.222 e. The molecule has 4 aromatic carbocycles. The van der Waals surface area contributed by atoms with Gasteiger partial charge in [-0.25, -0.2) is 4.98 Å². The van der Waals surface area contributed by atoms with Crippen LogP contribution in [0.5, 0.6) is 5.88 Å². The Morgan fingerprint density at radius 2 is 1.15 bits per heavy atom. The van der Waals surface area contributed by atoms with E-state index in [4.69, 9.17) is 9.72 Å². The first-order valence-electron chi connectivity index (χ1n) is 18.1. The number of nitrogens with zero attached hydrogens (tertiary/aromatic N) is 2. The molecule has 5 nitrogen and oxygen atoms in total. The Balaban J connectivity index is 1.47. The molecule has 0 aliphatic carbocycles. The molecule has 10 rings (SSSR count). The molecular formula is C48H35N4O+. The molecule has 3 aliphatic rings. The van der Waals surface area contributed by atoms with Gasteiger partial charge in [0.1, 0.15) is 17.3 Å². The van der Waals surface area contributed by atoms with E-state index in [1.54, 1.807) is 0 Å². The molecule has 0 saturated carbocycles. The van der Waals surface area contributed by atoms with Gasteiger partial charge >= 0.3 is 0 Å². The number of hydrogen-bond acceptors (Lipinski definition) is 2. The molecule has 252 valence electrons. The van der Waals surface area contributed by atoms with Gasteiger partial charge in [0.05, 0.1) is 45.0 Å². The summed E-state index contributed by atoms with van der Waals surface area (Å²) in [6.07, 6.45) is 2.21. The topological polar surface area (TPSA) is 58.1 Å². The predicted molar refractivity (Wildman–Crippen MR) is 211 cm³/mol. The number of aromatic amines is 2. The van der Waals surface area contributed by atoms with Gasteiger partial charge in [-0.1, -0.05) is 91.0 Å². The van der Waals surface area contributed by atoms with Crippen LogP contribution in [-0.4, -0.2) is 26.0 Å². The van der Waals surface area contributed by atoms with Crippen molar-refractivity contribution in [2.45, 2.75) is 6.92 Å². The molecule has 6 bridgehead atoms. The zero-order chi connectivity index (χ0) is 35.3. The van der Waals surface area contributed by atoms with Crippen LogP contribution in [0.25, 0.3) is 27.8 Å². The number of rotatable bonds is 6. The molecule has 0 saturated heterocycles. The molecule has 0 spiro atoms. The van der Waals surface area contributed by atoms with E-state index in [0.717, 1.165) is 94.3 Å². The molecule has 0 atom stereocenters. The lowest BCUT2D eigenvalue weighted by Crippen LogP contribution is -2.15. The third kappa shape index (κ3) is 5.08. The van der Waals surface area contributed by atoms with Crippen LogP contribution in [0, 0.1) is 16.4 Å². The smallest absolute Gasteiger partial charge is 0.222 e. The van der Waals surface area contributed by atoms with Gasteiger partial charge in [0, 0.05) is 52.4 Å². The van der Waals surface area contributed by atoms with Gasteiger partial charge in [-0.05, 0) is 72.1 Å². The lowest BCUT2D eigenvalue weighted by Gasteiger charge is -2.11. The third-order valence-electron chi connectivity index (χ3n) is 10.2. The number of benzene rings is 4. The average molecular weight is 684 g/mol. The van der Waals surface area contributed by atoms with Crippen LogP contribution in [0.15, 0.2) is 170 Å². The van der Waals surface area contributed by atoms with Gasteiger partial charge in [-0.2, -0.15) is 0 Å². The van der Waals surface area contributed by atoms with Gasteiger partial charge in [0.2, 0.25) is 5.88 Å². The van der Waals surface area contributed by atoms with Crippen LogP contribution in [0.4, 0.5) is 0 Å². The molecule has 0 amide bonds. The van der Waals surface area contributed by atoms with Crippen LogP contribution < -0.4 is 15.4 Å². The zero-order valence-electron chi connectivity index (χ0n) is 29.2. The fourth-order valence-corrected chi connectivity index (χ4v) is 7.98. The maximum absolute atomic E-state index is 6.49. The summed E-state index contributed by atoms with van der Waals surface area (Å²) in [5.41, 5.74) is 12.7. The van der Waals surface area contributed by atoms with Crippen molar-refractivity contribution in [1.82, 2.24) is 19.4 Å². The van der Waals surface area contributed by atoms with Crippen molar-refractivity contribution < 1.29 is 4.74 Å². The molecule has 3 aromatic heterocycles. The molecule has 3 aliphatic heterocycles. The monoisotopic (exact) mass is 683 g/mol. The molecule has 0 radical (unpaired) electrons. The van der Waals surface area contributed by atoms with Crippen LogP contribution in [-0.2, 0) is 0 Å². The van der Waals surface area contributed by atoms with Crippen LogP contribution in [0.1, 0.15) is 46.4 Å².